The average Bonchev–Trinajstić information content (AvgIpc) is 2.67. The van der Waals surface area contributed by atoms with Gasteiger partial charge in [0.2, 0.25) is 5.82 Å². The lowest BCUT2D eigenvalue weighted by atomic mass is 9.93. The van der Waals surface area contributed by atoms with E-state index in [2.05, 4.69) is 9.97 Å². The number of piperidine rings is 1. The molecule has 1 aliphatic rings. The monoisotopic (exact) mass is 409 g/mol. The van der Waals surface area contributed by atoms with Gasteiger partial charge < -0.3 is 14.7 Å². The van der Waals surface area contributed by atoms with E-state index in [0.717, 1.165) is 18.3 Å². The minimum atomic E-state index is -0.869. The number of anilines is 1. The predicted octanol–water partition coefficient (Wildman–Crippen LogP) is 4.04. The summed E-state index contributed by atoms with van der Waals surface area (Å²) in [5, 5.41) is 8.88. The number of hydrogen-bond acceptors (Lipinski definition) is 5. The van der Waals surface area contributed by atoms with E-state index in [-0.39, 0.29) is 41.9 Å². The molecule has 9 heteroatoms. The van der Waals surface area contributed by atoms with Gasteiger partial charge in [0.05, 0.1) is 12.8 Å². The molecule has 1 N–H and O–H groups in total. The predicted molar refractivity (Wildman–Crippen MR) is 100 cm³/mol. The molecule has 1 aromatic heterocycles. The normalized spacial score (nSPS) is 14.8. The zero-order valence-corrected chi connectivity index (χ0v) is 16.0. The lowest BCUT2D eigenvalue weighted by molar-refractivity contribution is -0.138. The summed E-state index contributed by atoms with van der Waals surface area (Å²) in [7, 11) is 0. The Balaban J connectivity index is 1.81. The summed E-state index contributed by atoms with van der Waals surface area (Å²) in [5.41, 5.74) is -0.0852. The van der Waals surface area contributed by atoms with Crippen molar-refractivity contribution >= 4 is 11.7 Å². The highest BCUT2D eigenvalue weighted by atomic mass is 19.1. The van der Waals surface area contributed by atoms with Crippen molar-refractivity contribution in [2.24, 2.45) is 5.92 Å². The van der Waals surface area contributed by atoms with Gasteiger partial charge in [0.15, 0.2) is 5.82 Å². The van der Waals surface area contributed by atoms with Crippen LogP contribution in [0.1, 0.15) is 32.6 Å². The van der Waals surface area contributed by atoms with E-state index in [1.807, 2.05) is 6.92 Å². The molecule has 0 spiro atoms. The highest BCUT2D eigenvalue weighted by Crippen LogP contribution is 2.32. The molecule has 1 fully saturated rings. The highest BCUT2D eigenvalue weighted by molar-refractivity contribution is 5.67. The first-order valence-corrected chi connectivity index (χ1v) is 9.50. The summed E-state index contributed by atoms with van der Waals surface area (Å²) in [4.78, 5) is 20.1. The van der Waals surface area contributed by atoms with Crippen molar-refractivity contribution in [3.8, 4) is 17.3 Å². The Hall–Kier alpha value is -2.84. The number of carboxylic acids is 1. The quantitative estimate of drug-likeness (QED) is 0.744. The lowest BCUT2D eigenvalue weighted by Gasteiger charge is -2.33. The molecule has 2 heterocycles. The molecule has 156 valence electrons. The molecule has 1 aromatic carbocycles. The van der Waals surface area contributed by atoms with Crippen LogP contribution < -0.4 is 9.64 Å². The number of ether oxygens (including phenoxy) is 1. The third kappa shape index (κ3) is 4.96. The smallest absolute Gasteiger partial charge is 0.303 e. The molecule has 0 aliphatic carbocycles. The van der Waals surface area contributed by atoms with Crippen LogP contribution in [0.3, 0.4) is 0 Å². The van der Waals surface area contributed by atoms with E-state index >= 15 is 0 Å². The first-order chi connectivity index (χ1) is 13.9. The number of aliphatic carboxylic acids is 1. The Morgan fingerprint density at radius 2 is 1.86 bits per heavy atom. The number of hydrogen-bond donors (Lipinski definition) is 1. The Labute approximate surface area is 166 Å². The van der Waals surface area contributed by atoms with Gasteiger partial charge in [-0.05, 0) is 37.3 Å². The third-order valence-corrected chi connectivity index (χ3v) is 4.82. The van der Waals surface area contributed by atoms with Gasteiger partial charge in [-0.25, -0.2) is 13.8 Å². The molecule has 3 rings (SSSR count). The number of rotatable bonds is 7. The number of benzene rings is 1. The zero-order chi connectivity index (χ0) is 21.0. The van der Waals surface area contributed by atoms with Crippen molar-refractivity contribution in [3.05, 3.63) is 35.8 Å². The molecule has 0 amide bonds. The first-order valence-electron chi connectivity index (χ1n) is 9.50. The Morgan fingerprint density at radius 1 is 1.21 bits per heavy atom. The summed E-state index contributed by atoms with van der Waals surface area (Å²) in [6.45, 7) is 2.85. The fourth-order valence-corrected chi connectivity index (χ4v) is 3.39. The highest BCUT2D eigenvalue weighted by Gasteiger charge is 2.26. The molecular weight excluding hydrogens is 387 g/mol. The molecule has 0 unspecified atom stereocenters. The van der Waals surface area contributed by atoms with Crippen LogP contribution in [0.25, 0.3) is 11.4 Å². The van der Waals surface area contributed by atoms with Crippen LogP contribution in [0.4, 0.5) is 18.9 Å². The molecule has 0 saturated carbocycles. The Kier molecular flexibility index (Phi) is 6.56. The summed E-state index contributed by atoms with van der Waals surface area (Å²) >= 11 is 0. The maximum atomic E-state index is 14.7. The van der Waals surface area contributed by atoms with Crippen LogP contribution in [0, 0.1) is 23.4 Å². The van der Waals surface area contributed by atoms with Crippen molar-refractivity contribution in [3.63, 3.8) is 0 Å². The van der Waals surface area contributed by atoms with Crippen LogP contribution in [0.2, 0.25) is 0 Å². The summed E-state index contributed by atoms with van der Waals surface area (Å²) in [5.74, 6) is -3.47. The van der Waals surface area contributed by atoms with Crippen LogP contribution in [0.5, 0.6) is 5.88 Å². The summed E-state index contributed by atoms with van der Waals surface area (Å²) < 4.78 is 48.4. The van der Waals surface area contributed by atoms with E-state index < -0.39 is 23.4 Å². The molecule has 29 heavy (non-hydrogen) atoms. The summed E-state index contributed by atoms with van der Waals surface area (Å²) in [6, 6.07) is 2.22. The van der Waals surface area contributed by atoms with E-state index in [1.54, 1.807) is 4.90 Å². The van der Waals surface area contributed by atoms with Crippen LogP contribution >= 0.6 is 0 Å². The molecule has 2 aromatic rings. The van der Waals surface area contributed by atoms with Gasteiger partial charge in [-0.3, -0.25) is 4.79 Å². The number of aromatic nitrogens is 2. The second-order valence-corrected chi connectivity index (χ2v) is 7.01. The summed E-state index contributed by atoms with van der Waals surface area (Å²) in [6.07, 6.45) is 2.71. The van der Waals surface area contributed by atoms with E-state index in [9.17, 15) is 18.0 Å². The third-order valence-electron chi connectivity index (χ3n) is 4.82. The second kappa shape index (κ2) is 9.11. The van der Waals surface area contributed by atoms with Crippen LogP contribution in [0.15, 0.2) is 18.3 Å². The van der Waals surface area contributed by atoms with Gasteiger partial charge in [0, 0.05) is 25.1 Å². The van der Waals surface area contributed by atoms with Crippen molar-refractivity contribution in [2.75, 3.05) is 24.6 Å². The van der Waals surface area contributed by atoms with E-state index in [4.69, 9.17) is 9.84 Å². The standard InChI is InChI=1S/C20H22F3N3O3/c1-2-7-29-20-16(23)11-24-19(25-20)13-9-14(21)18(15(22)10-13)26-5-3-12(4-6-26)8-17(27)28/h9-12H,2-8H2,1H3,(H,27,28). The molecule has 6 nitrogen and oxygen atoms in total. The van der Waals surface area contributed by atoms with Crippen LogP contribution in [-0.4, -0.2) is 40.7 Å². The van der Waals surface area contributed by atoms with Crippen molar-refractivity contribution < 1.29 is 27.8 Å². The van der Waals surface area contributed by atoms with Crippen molar-refractivity contribution in [1.29, 1.82) is 0 Å². The van der Waals surface area contributed by atoms with Gasteiger partial charge >= 0.3 is 5.97 Å². The van der Waals surface area contributed by atoms with E-state index in [0.29, 0.717) is 32.4 Å². The maximum Gasteiger partial charge on any atom is 0.303 e. The molecular formula is C20H22F3N3O3. The first kappa shape index (κ1) is 20.9. The minimum Gasteiger partial charge on any atom is -0.481 e. The molecule has 0 bridgehead atoms. The van der Waals surface area contributed by atoms with E-state index in [1.165, 1.54) is 0 Å². The zero-order valence-electron chi connectivity index (χ0n) is 16.0. The van der Waals surface area contributed by atoms with Gasteiger partial charge in [-0.2, -0.15) is 9.37 Å². The van der Waals surface area contributed by atoms with Crippen LogP contribution in [-0.2, 0) is 4.79 Å². The largest absolute Gasteiger partial charge is 0.481 e. The SMILES string of the molecule is CCCOc1nc(-c2cc(F)c(N3CCC(CC(=O)O)CC3)c(F)c2)ncc1F. The van der Waals surface area contributed by atoms with Gasteiger partial charge in [0.1, 0.15) is 17.3 Å². The average molecular weight is 409 g/mol. The molecule has 1 aliphatic heterocycles. The van der Waals surface area contributed by atoms with Gasteiger partial charge in [0.25, 0.3) is 5.88 Å². The number of carboxylic acid groups (broad SMARTS) is 1. The van der Waals surface area contributed by atoms with Gasteiger partial charge in [-0.15, -0.1) is 0 Å². The molecule has 0 radical (unpaired) electrons. The maximum absolute atomic E-state index is 14.7. The fraction of sp³-hybridized carbons (Fsp3) is 0.450. The Bertz CT molecular complexity index is 864. The van der Waals surface area contributed by atoms with Crippen molar-refractivity contribution in [2.45, 2.75) is 32.6 Å². The molecule has 1 saturated heterocycles. The Morgan fingerprint density at radius 3 is 2.45 bits per heavy atom. The number of carbonyl (C=O) groups is 1. The second-order valence-electron chi connectivity index (χ2n) is 7.01. The number of halogens is 3. The molecule has 0 atom stereocenters. The minimum absolute atomic E-state index is 0.00306. The number of nitrogens with zero attached hydrogens (tertiary/aromatic N) is 3. The van der Waals surface area contributed by atoms with Crippen molar-refractivity contribution in [1.82, 2.24) is 9.97 Å². The van der Waals surface area contributed by atoms with Gasteiger partial charge in [-0.1, -0.05) is 6.92 Å². The topological polar surface area (TPSA) is 75.5 Å². The fourth-order valence-electron chi connectivity index (χ4n) is 3.39. The lowest BCUT2D eigenvalue weighted by Crippen LogP contribution is -2.35.